The number of carbonyl (C=O) groups is 1. The zero-order valence-corrected chi connectivity index (χ0v) is 8.80. The quantitative estimate of drug-likeness (QED) is 0.765. The first-order valence-corrected chi connectivity index (χ1v) is 5.56. The highest BCUT2D eigenvalue weighted by atomic mass is 32.1. The molecule has 0 radical (unpaired) electrons. The third kappa shape index (κ3) is 1.93. The molecule has 5 heteroatoms. The normalized spacial score (nSPS) is 26.4. The van der Waals surface area contributed by atoms with Crippen molar-refractivity contribution in [3.8, 4) is 0 Å². The largest absolute Gasteiger partial charge is 0.316 e. The summed E-state index contributed by atoms with van der Waals surface area (Å²) in [6.45, 7) is 3.79. The molecular weight excluding hydrogens is 198 g/mol. The zero-order chi connectivity index (χ0) is 9.97. The molecule has 0 spiro atoms. The maximum Gasteiger partial charge on any atom is 0.230 e. The van der Waals surface area contributed by atoms with Gasteiger partial charge >= 0.3 is 0 Å². The molecule has 1 aromatic heterocycles. The molecule has 0 aromatic carbocycles. The summed E-state index contributed by atoms with van der Waals surface area (Å²) in [6, 6.07) is 0. The first kappa shape index (κ1) is 9.61. The van der Waals surface area contributed by atoms with Crippen LogP contribution in [0.15, 0.2) is 11.6 Å². The number of anilines is 1. The van der Waals surface area contributed by atoms with Crippen LogP contribution in [-0.4, -0.2) is 24.0 Å². The van der Waals surface area contributed by atoms with Crippen molar-refractivity contribution < 1.29 is 4.79 Å². The van der Waals surface area contributed by atoms with Crippen molar-refractivity contribution in [3.05, 3.63) is 11.6 Å². The minimum atomic E-state index is 0.0810. The summed E-state index contributed by atoms with van der Waals surface area (Å²) in [7, 11) is 0. The summed E-state index contributed by atoms with van der Waals surface area (Å²) in [5.74, 6) is 0.575. The van der Waals surface area contributed by atoms with E-state index < -0.39 is 0 Å². The Labute approximate surface area is 86.7 Å². The third-order valence-corrected chi connectivity index (χ3v) is 3.21. The average molecular weight is 211 g/mol. The van der Waals surface area contributed by atoms with Crippen molar-refractivity contribution in [1.29, 1.82) is 0 Å². The van der Waals surface area contributed by atoms with Crippen molar-refractivity contribution in [2.24, 2.45) is 11.8 Å². The molecule has 2 unspecified atom stereocenters. The Morgan fingerprint density at radius 3 is 3.14 bits per heavy atom. The van der Waals surface area contributed by atoms with Crippen LogP contribution in [0.25, 0.3) is 0 Å². The molecule has 4 nitrogen and oxygen atoms in total. The molecule has 76 valence electrons. The van der Waals surface area contributed by atoms with E-state index in [0.29, 0.717) is 11.0 Å². The van der Waals surface area contributed by atoms with Crippen LogP contribution in [0.5, 0.6) is 0 Å². The van der Waals surface area contributed by atoms with Crippen LogP contribution in [0, 0.1) is 11.8 Å². The smallest absolute Gasteiger partial charge is 0.230 e. The van der Waals surface area contributed by atoms with Gasteiger partial charge in [-0.2, -0.15) is 0 Å². The minimum Gasteiger partial charge on any atom is -0.316 e. The topological polar surface area (TPSA) is 54.0 Å². The van der Waals surface area contributed by atoms with Crippen LogP contribution in [0.4, 0.5) is 5.13 Å². The maximum absolute atomic E-state index is 11.7. The van der Waals surface area contributed by atoms with Crippen LogP contribution in [0.2, 0.25) is 0 Å². The Hall–Kier alpha value is -0.940. The van der Waals surface area contributed by atoms with Gasteiger partial charge < -0.3 is 10.6 Å². The lowest BCUT2D eigenvalue weighted by molar-refractivity contribution is -0.120. The first-order valence-electron chi connectivity index (χ1n) is 4.68. The molecule has 2 heterocycles. The van der Waals surface area contributed by atoms with E-state index in [0.717, 1.165) is 13.1 Å². The lowest BCUT2D eigenvalue weighted by Gasteiger charge is -2.12. The molecule has 0 bridgehead atoms. The van der Waals surface area contributed by atoms with Crippen molar-refractivity contribution in [3.63, 3.8) is 0 Å². The number of nitrogens with one attached hydrogen (secondary N) is 2. The minimum absolute atomic E-state index is 0.0810. The Morgan fingerprint density at radius 2 is 2.57 bits per heavy atom. The highest BCUT2D eigenvalue weighted by molar-refractivity contribution is 7.13. The maximum atomic E-state index is 11.7. The van der Waals surface area contributed by atoms with Crippen molar-refractivity contribution in [2.75, 3.05) is 18.4 Å². The van der Waals surface area contributed by atoms with Gasteiger partial charge in [0.2, 0.25) is 5.91 Å². The molecule has 14 heavy (non-hydrogen) atoms. The lowest BCUT2D eigenvalue weighted by Crippen LogP contribution is -2.27. The molecule has 1 aromatic rings. The SMILES string of the molecule is CC1CNCC1C(=O)Nc1nccs1. The molecule has 0 saturated carbocycles. The molecule has 1 aliphatic heterocycles. The lowest BCUT2D eigenvalue weighted by atomic mass is 9.97. The standard InChI is InChI=1S/C9H13N3OS/c1-6-4-10-5-7(6)8(13)12-9-11-2-3-14-9/h2-3,6-7,10H,4-5H2,1H3,(H,11,12,13). The van der Waals surface area contributed by atoms with Crippen LogP contribution in [-0.2, 0) is 4.79 Å². The predicted molar refractivity (Wildman–Crippen MR) is 56.3 cm³/mol. The van der Waals surface area contributed by atoms with Gasteiger partial charge in [-0.3, -0.25) is 4.79 Å². The van der Waals surface area contributed by atoms with E-state index in [1.807, 2.05) is 5.38 Å². The van der Waals surface area contributed by atoms with Crippen LogP contribution < -0.4 is 10.6 Å². The molecule has 1 saturated heterocycles. The number of hydrogen-bond donors (Lipinski definition) is 2. The molecule has 2 rings (SSSR count). The van der Waals surface area contributed by atoms with Gasteiger partial charge in [0.05, 0.1) is 5.92 Å². The summed E-state index contributed by atoms with van der Waals surface area (Å²) >= 11 is 1.45. The zero-order valence-electron chi connectivity index (χ0n) is 7.99. The van der Waals surface area contributed by atoms with Gasteiger partial charge in [-0.05, 0) is 12.5 Å². The second-order valence-electron chi connectivity index (χ2n) is 3.57. The van der Waals surface area contributed by atoms with Crippen molar-refractivity contribution in [1.82, 2.24) is 10.3 Å². The molecule has 1 amide bonds. The number of aromatic nitrogens is 1. The Balaban J connectivity index is 1.95. The van der Waals surface area contributed by atoms with E-state index in [1.54, 1.807) is 6.20 Å². The van der Waals surface area contributed by atoms with Gasteiger partial charge in [0.15, 0.2) is 5.13 Å². The number of carbonyl (C=O) groups excluding carboxylic acids is 1. The molecule has 2 atom stereocenters. The Morgan fingerprint density at radius 1 is 1.71 bits per heavy atom. The van der Waals surface area contributed by atoms with E-state index in [4.69, 9.17) is 0 Å². The van der Waals surface area contributed by atoms with Crippen LogP contribution in [0.1, 0.15) is 6.92 Å². The van der Waals surface area contributed by atoms with Gasteiger partial charge in [-0.1, -0.05) is 6.92 Å². The fourth-order valence-electron chi connectivity index (χ4n) is 1.64. The first-order chi connectivity index (χ1) is 6.77. The van der Waals surface area contributed by atoms with Gasteiger partial charge in [-0.25, -0.2) is 4.98 Å². The van der Waals surface area contributed by atoms with Gasteiger partial charge in [0.1, 0.15) is 0 Å². The molecule has 1 aliphatic rings. The summed E-state index contributed by atoms with van der Waals surface area (Å²) in [5, 5.41) is 8.57. The summed E-state index contributed by atoms with van der Waals surface area (Å²) in [6.07, 6.45) is 1.69. The monoisotopic (exact) mass is 211 g/mol. The molecular formula is C9H13N3OS. The van der Waals surface area contributed by atoms with Crippen LogP contribution >= 0.6 is 11.3 Å². The van der Waals surface area contributed by atoms with Gasteiger partial charge in [0.25, 0.3) is 0 Å². The van der Waals surface area contributed by atoms with E-state index in [1.165, 1.54) is 11.3 Å². The number of rotatable bonds is 2. The second kappa shape index (κ2) is 4.06. The van der Waals surface area contributed by atoms with Crippen molar-refractivity contribution in [2.45, 2.75) is 6.92 Å². The number of thiazole rings is 1. The van der Waals surface area contributed by atoms with E-state index in [9.17, 15) is 4.79 Å². The third-order valence-electron chi connectivity index (χ3n) is 2.52. The molecule has 2 N–H and O–H groups in total. The van der Waals surface area contributed by atoms with Gasteiger partial charge in [-0.15, -0.1) is 11.3 Å². The Kier molecular flexibility index (Phi) is 2.79. The molecule has 1 fully saturated rings. The molecule has 0 aliphatic carbocycles. The Bertz CT molecular complexity index is 312. The van der Waals surface area contributed by atoms with Gasteiger partial charge in [0, 0.05) is 18.1 Å². The fourth-order valence-corrected chi connectivity index (χ4v) is 2.18. The second-order valence-corrected chi connectivity index (χ2v) is 4.46. The highest BCUT2D eigenvalue weighted by Crippen LogP contribution is 2.19. The van der Waals surface area contributed by atoms with E-state index >= 15 is 0 Å². The average Bonchev–Trinajstić information content (AvgIpc) is 2.75. The number of nitrogens with zero attached hydrogens (tertiary/aromatic N) is 1. The summed E-state index contributed by atoms with van der Waals surface area (Å²) in [5.41, 5.74) is 0. The predicted octanol–water partition coefficient (Wildman–Crippen LogP) is 0.937. The number of hydrogen-bond acceptors (Lipinski definition) is 4. The van der Waals surface area contributed by atoms with Crippen molar-refractivity contribution >= 4 is 22.4 Å². The number of amides is 1. The van der Waals surface area contributed by atoms with Crippen LogP contribution in [0.3, 0.4) is 0 Å². The van der Waals surface area contributed by atoms with E-state index in [-0.39, 0.29) is 11.8 Å². The van der Waals surface area contributed by atoms with E-state index in [2.05, 4.69) is 22.5 Å². The summed E-state index contributed by atoms with van der Waals surface area (Å²) in [4.78, 5) is 15.8. The highest BCUT2D eigenvalue weighted by Gasteiger charge is 2.29. The fraction of sp³-hybridized carbons (Fsp3) is 0.556. The summed E-state index contributed by atoms with van der Waals surface area (Å²) < 4.78 is 0.